The molecular formula is C12H11BrClN3. The third kappa shape index (κ3) is 2.82. The van der Waals surface area contributed by atoms with Crippen molar-refractivity contribution in [1.82, 2.24) is 15.0 Å². The van der Waals surface area contributed by atoms with Crippen LogP contribution in [0, 0.1) is 0 Å². The maximum atomic E-state index is 6.08. The first-order valence-electron chi connectivity index (χ1n) is 5.35. The van der Waals surface area contributed by atoms with Gasteiger partial charge in [0, 0.05) is 6.20 Å². The van der Waals surface area contributed by atoms with Gasteiger partial charge in [-0.3, -0.25) is 4.98 Å². The van der Waals surface area contributed by atoms with Crippen LogP contribution in [0.2, 0.25) is 5.15 Å². The summed E-state index contributed by atoms with van der Waals surface area (Å²) in [6.45, 7) is 2.10. The zero-order chi connectivity index (χ0) is 12.3. The molecule has 0 unspecified atom stereocenters. The van der Waals surface area contributed by atoms with Gasteiger partial charge in [0.1, 0.15) is 10.8 Å². The number of aryl methyl sites for hydroxylation is 1. The Labute approximate surface area is 113 Å². The van der Waals surface area contributed by atoms with Crippen molar-refractivity contribution in [2.24, 2.45) is 0 Å². The van der Waals surface area contributed by atoms with Crippen molar-refractivity contribution in [3.63, 3.8) is 0 Å². The van der Waals surface area contributed by atoms with E-state index in [1.807, 2.05) is 18.2 Å². The van der Waals surface area contributed by atoms with Gasteiger partial charge in [0.2, 0.25) is 0 Å². The predicted octanol–water partition coefficient (Wildman–Crippen LogP) is 3.91. The van der Waals surface area contributed by atoms with Gasteiger partial charge in [0.25, 0.3) is 0 Å². The Hall–Kier alpha value is -1.00. The van der Waals surface area contributed by atoms with E-state index >= 15 is 0 Å². The average Bonchev–Trinajstić information content (AvgIpc) is 2.36. The second kappa shape index (κ2) is 5.56. The van der Waals surface area contributed by atoms with Crippen LogP contribution in [0.15, 0.2) is 28.9 Å². The minimum atomic E-state index is 0.434. The van der Waals surface area contributed by atoms with E-state index in [4.69, 9.17) is 11.6 Å². The number of pyridine rings is 1. The lowest BCUT2D eigenvalue weighted by Gasteiger charge is -2.06. The lowest BCUT2D eigenvalue weighted by molar-refractivity contribution is 0.866. The number of rotatable bonds is 3. The smallest absolute Gasteiger partial charge is 0.179 e. The molecule has 0 aliphatic heterocycles. The second-order valence-corrected chi connectivity index (χ2v) is 4.71. The fourth-order valence-electron chi connectivity index (χ4n) is 1.48. The molecule has 88 valence electrons. The minimum absolute atomic E-state index is 0.434. The zero-order valence-corrected chi connectivity index (χ0v) is 11.7. The molecule has 0 aliphatic rings. The van der Waals surface area contributed by atoms with Crippen LogP contribution in [0.3, 0.4) is 0 Å². The molecule has 0 bridgehead atoms. The highest BCUT2D eigenvalue weighted by atomic mass is 79.9. The summed E-state index contributed by atoms with van der Waals surface area (Å²) < 4.78 is 0.778. The summed E-state index contributed by atoms with van der Waals surface area (Å²) in [6, 6.07) is 5.63. The Balaban J connectivity index is 2.49. The highest BCUT2D eigenvalue weighted by Gasteiger charge is 2.11. The Morgan fingerprint density at radius 1 is 1.29 bits per heavy atom. The average molecular weight is 313 g/mol. The third-order valence-corrected chi connectivity index (χ3v) is 3.60. The van der Waals surface area contributed by atoms with E-state index in [2.05, 4.69) is 37.8 Å². The number of halogens is 2. The maximum Gasteiger partial charge on any atom is 0.179 e. The normalized spacial score (nSPS) is 10.5. The Morgan fingerprint density at radius 3 is 2.76 bits per heavy atom. The largest absolute Gasteiger partial charge is 0.253 e. The predicted molar refractivity (Wildman–Crippen MR) is 72.0 cm³/mol. The Bertz CT molecular complexity index is 517. The van der Waals surface area contributed by atoms with E-state index in [0.29, 0.717) is 11.0 Å². The van der Waals surface area contributed by atoms with Crippen LogP contribution in [0.4, 0.5) is 0 Å². The van der Waals surface area contributed by atoms with Crippen LogP contribution in [0.1, 0.15) is 19.0 Å². The van der Waals surface area contributed by atoms with E-state index in [-0.39, 0.29) is 0 Å². The first-order valence-corrected chi connectivity index (χ1v) is 6.52. The lowest BCUT2D eigenvalue weighted by Crippen LogP contribution is -1.99. The molecule has 2 aromatic rings. The van der Waals surface area contributed by atoms with E-state index in [1.165, 1.54) is 0 Å². The summed E-state index contributed by atoms with van der Waals surface area (Å²) in [7, 11) is 0. The highest BCUT2D eigenvalue weighted by Crippen LogP contribution is 2.26. The number of aromatic nitrogens is 3. The van der Waals surface area contributed by atoms with Crippen LogP contribution in [0.25, 0.3) is 11.5 Å². The van der Waals surface area contributed by atoms with Gasteiger partial charge >= 0.3 is 0 Å². The fourth-order valence-corrected chi connectivity index (χ4v) is 2.04. The van der Waals surface area contributed by atoms with Gasteiger partial charge in [-0.1, -0.05) is 31.0 Å². The first kappa shape index (κ1) is 12.5. The van der Waals surface area contributed by atoms with Gasteiger partial charge in [0.05, 0.1) is 10.2 Å². The van der Waals surface area contributed by atoms with Crippen molar-refractivity contribution in [2.45, 2.75) is 19.8 Å². The Morgan fingerprint density at radius 2 is 2.12 bits per heavy atom. The van der Waals surface area contributed by atoms with E-state index in [9.17, 15) is 0 Å². The van der Waals surface area contributed by atoms with Crippen molar-refractivity contribution in [1.29, 1.82) is 0 Å². The molecule has 0 amide bonds. The Kier molecular flexibility index (Phi) is 4.07. The van der Waals surface area contributed by atoms with Crippen molar-refractivity contribution >= 4 is 27.5 Å². The van der Waals surface area contributed by atoms with Gasteiger partial charge in [-0.05, 0) is 34.5 Å². The number of hydrogen-bond donors (Lipinski definition) is 0. The summed E-state index contributed by atoms with van der Waals surface area (Å²) in [6.07, 6.45) is 3.59. The quantitative estimate of drug-likeness (QED) is 0.807. The standard InChI is InChI=1S/C12H11BrClN3/c1-2-5-8-10(13)11(14)17-12(16-8)9-6-3-4-7-15-9/h3-4,6-7H,2,5H2,1H3. The van der Waals surface area contributed by atoms with Gasteiger partial charge in [-0.25, -0.2) is 9.97 Å². The molecule has 0 aromatic carbocycles. The molecule has 0 N–H and O–H groups in total. The molecule has 0 radical (unpaired) electrons. The molecule has 5 heteroatoms. The topological polar surface area (TPSA) is 38.7 Å². The fraction of sp³-hybridized carbons (Fsp3) is 0.250. The molecule has 0 saturated carbocycles. The molecule has 2 aromatic heterocycles. The summed E-state index contributed by atoms with van der Waals surface area (Å²) in [4.78, 5) is 12.9. The van der Waals surface area contributed by atoms with E-state index in [0.717, 1.165) is 28.7 Å². The molecule has 3 nitrogen and oxygen atoms in total. The van der Waals surface area contributed by atoms with Crippen LogP contribution in [0.5, 0.6) is 0 Å². The van der Waals surface area contributed by atoms with Gasteiger partial charge in [0.15, 0.2) is 5.82 Å². The molecule has 2 heterocycles. The van der Waals surface area contributed by atoms with Gasteiger partial charge < -0.3 is 0 Å². The van der Waals surface area contributed by atoms with Gasteiger partial charge in [-0.15, -0.1) is 0 Å². The molecule has 0 spiro atoms. The zero-order valence-electron chi connectivity index (χ0n) is 9.32. The maximum absolute atomic E-state index is 6.08. The monoisotopic (exact) mass is 311 g/mol. The first-order chi connectivity index (χ1) is 8.22. The SMILES string of the molecule is CCCc1nc(-c2ccccn2)nc(Cl)c1Br. The molecule has 2 rings (SSSR count). The van der Waals surface area contributed by atoms with Crippen molar-refractivity contribution in [3.8, 4) is 11.5 Å². The van der Waals surface area contributed by atoms with Crippen molar-refractivity contribution < 1.29 is 0 Å². The van der Waals surface area contributed by atoms with Crippen LogP contribution in [-0.4, -0.2) is 15.0 Å². The minimum Gasteiger partial charge on any atom is -0.253 e. The van der Waals surface area contributed by atoms with Crippen LogP contribution in [-0.2, 0) is 6.42 Å². The van der Waals surface area contributed by atoms with Crippen LogP contribution < -0.4 is 0 Å². The molecule has 17 heavy (non-hydrogen) atoms. The summed E-state index contributed by atoms with van der Waals surface area (Å²) >= 11 is 9.49. The molecular weight excluding hydrogens is 302 g/mol. The van der Waals surface area contributed by atoms with Crippen molar-refractivity contribution in [3.05, 3.63) is 39.7 Å². The third-order valence-electron chi connectivity index (χ3n) is 2.26. The number of hydrogen-bond acceptors (Lipinski definition) is 3. The summed E-state index contributed by atoms with van der Waals surface area (Å²) in [5.41, 5.74) is 1.66. The van der Waals surface area contributed by atoms with E-state index < -0.39 is 0 Å². The second-order valence-electron chi connectivity index (χ2n) is 3.56. The molecule has 0 fully saturated rings. The highest BCUT2D eigenvalue weighted by molar-refractivity contribution is 9.10. The molecule has 0 atom stereocenters. The van der Waals surface area contributed by atoms with Crippen molar-refractivity contribution in [2.75, 3.05) is 0 Å². The van der Waals surface area contributed by atoms with Crippen LogP contribution >= 0.6 is 27.5 Å². The molecule has 0 aliphatic carbocycles. The molecule has 0 saturated heterocycles. The number of nitrogens with zero attached hydrogens (tertiary/aromatic N) is 3. The summed E-state index contributed by atoms with van der Waals surface area (Å²) in [5.74, 6) is 0.572. The van der Waals surface area contributed by atoms with Gasteiger partial charge in [-0.2, -0.15) is 0 Å². The van der Waals surface area contributed by atoms with E-state index in [1.54, 1.807) is 6.20 Å². The lowest BCUT2D eigenvalue weighted by atomic mass is 10.2. The summed E-state index contributed by atoms with van der Waals surface area (Å²) in [5, 5.41) is 0.434.